The Balaban J connectivity index is -0.0000000150. The SMILES string of the molecule is Cl.Cl.Cl.O=[PH](O)O. The largest absolute Gasteiger partial charge is 0.326 e. The molecule has 7 heteroatoms. The fourth-order valence-electron chi connectivity index (χ4n) is 0. The van der Waals surface area contributed by atoms with Gasteiger partial charge < -0.3 is 9.79 Å². The molecule has 0 amide bonds. The van der Waals surface area contributed by atoms with Crippen molar-refractivity contribution in [1.82, 2.24) is 0 Å². The molecule has 0 radical (unpaired) electrons. The fraction of sp³-hybridized carbons (Fsp3) is 0. The average Bonchev–Trinajstić information content (AvgIpc) is 0.811. The molecular weight excluding hydrogens is 185 g/mol. The van der Waals surface area contributed by atoms with E-state index in [2.05, 4.69) is 0 Å². The van der Waals surface area contributed by atoms with Crippen LogP contribution < -0.4 is 0 Å². The lowest BCUT2D eigenvalue weighted by Gasteiger charge is -1.61. The van der Waals surface area contributed by atoms with Crippen molar-refractivity contribution in [1.29, 1.82) is 0 Å². The van der Waals surface area contributed by atoms with Gasteiger partial charge in [0.1, 0.15) is 0 Å². The molecule has 0 unspecified atom stereocenters. The van der Waals surface area contributed by atoms with Crippen molar-refractivity contribution < 1.29 is 14.4 Å². The minimum absolute atomic E-state index is 0. The van der Waals surface area contributed by atoms with Crippen molar-refractivity contribution in [2.45, 2.75) is 0 Å². The maximum Gasteiger partial charge on any atom is 0.314 e. The first-order valence-corrected chi connectivity index (χ1v) is 1.95. The van der Waals surface area contributed by atoms with Crippen molar-refractivity contribution in [2.24, 2.45) is 0 Å². The quantitative estimate of drug-likeness (QED) is 0.552. The predicted octanol–water partition coefficient (Wildman–Crippen LogP) is 0.626. The number of hydrogen-bond donors (Lipinski definition) is 2. The van der Waals surface area contributed by atoms with Crippen LogP contribution in [0.25, 0.3) is 0 Å². The van der Waals surface area contributed by atoms with Gasteiger partial charge in [-0.15, -0.1) is 37.2 Å². The monoisotopic (exact) mass is 190 g/mol. The summed E-state index contributed by atoms with van der Waals surface area (Å²) in [6.07, 6.45) is 0. The van der Waals surface area contributed by atoms with Gasteiger partial charge >= 0.3 is 8.25 Å². The molecule has 0 aliphatic carbocycles. The molecule has 7 heavy (non-hydrogen) atoms. The molecule has 0 saturated carbocycles. The van der Waals surface area contributed by atoms with Crippen LogP contribution >= 0.6 is 45.5 Å². The van der Waals surface area contributed by atoms with Crippen LogP contribution in [0.15, 0.2) is 0 Å². The Morgan fingerprint density at radius 2 is 1.00 bits per heavy atom. The van der Waals surface area contributed by atoms with E-state index in [9.17, 15) is 0 Å². The van der Waals surface area contributed by atoms with Gasteiger partial charge in [0.25, 0.3) is 0 Å². The van der Waals surface area contributed by atoms with E-state index >= 15 is 0 Å². The zero-order chi connectivity index (χ0) is 3.58. The second-order valence-electron chi connectivity index (χ2n) is 0.283. The van der Waals surface area contributed by atoms with E-state index in [0.717, 1.165) is 0 Å². The third-order valence-electron chi connectivity index (χ3n) is 0. The minimum atomic E-state index is -3.13. The van der Waals surface area contributed by atoms with E-state index in [1.807, 2.05) is 0 Å². The maximum atomic E-state index is 8.74. The van der Waals surface area contributed by atoms with Crippen LogP contribution in [0.5, 0.6) is 0 Å². The number of rotatable bonds is 0. The van der Waals surface area contributed by atoms with E-state index in [1.54, 1.807) is 0 Å². The molecule has 0 fully saturated rings. The van der Waals surface area contributed by atoms with Gasteiger partial charge in [-0.25, -0.2) is 0 Å². The standard InChI is InChI=1S/3ClH.H3O3P/c;;;1-4(2)3/h3*1H;4H,(H2,1,2,3). The molecular formula is H6Cl3O3P. The highest BCUT2D eigenvalue weighted by Crippen LogP contribution is 1.98. The molecule has 0 rings (SSSR count). The smallest absolute Gasteiger partial charge is 0.314 e. The third-order valence-corrected chi connectivity index (χ3v) is 0. The Morgan fingerprint density at radius 1 is 1.00 bits per heavy atom. The molecule has 2 N–H and O–H groups in total. The molecule has 0 saturated heterocycles. The summed E-state index contributed by atoms with van der Waals surface area (Å²) in [5.41, 5.74) is 0. The Labute approximate surface area is 60.3 Å². The maximum absolute atomic E-state index is 8.74. The molecule has 0 atom stereocenters. The second kappa shape index (κ2) is 15.7. The molecule has 0 aliphatic rings. The molecule has 3 nitrogen and oxygen atoms in total. The van der Waals surface area contributed by atoms with Gasteiger partial charge in [-0.3, -0.25) is 4.57 Å². The van der Waals surface area contributed by atoms with Crippen molar-refractivity contribution >= 4 is 45.5 Å². The summed E-state index contributed by atoms with van der Waals surface area (Å²) < 4.78 is 8.74. The van der Waals surface area contributed by atoms with Gasteiger partial charge in [0.15, 0.2) is 0 Å². The van der Waals surface area contributed by atoms with Crippen molar-refractivity contribution in [3.05, 3.63) is 0 Å². The van der Waals surface area contributed by atoms with Crippen molar-refractivity contribution in [3.63, 3.8) is 0 Å². The summed E-state index contributed by atoms with van der Waals surface area (Å²) in [5, 5.41) is 0. The van der Waals surface area contributed by atoms with Crippen molar-refractivity contribution in [2.75, 3.05) is 0 Å². The van der Waals surface area contributed by atoms with Crippen LogP contribution in [-0.2, 0) is 4.57 Å². The number of halogens is 3. The first-order chi connectivity index (χ1) is 1.73. The average molecular weight is 191 g/mol. The summed E-state index contributed by atoms with van der Waals surface area (Å²) in [6, 6.07) is 0. The van der Waals surface area contributed by atoms with E-state index < -0.39 is 8.25 Å². The molecule has 50 valence electrons. The molecule has 0 aromatic carbocycles. The van der Waals surface area contributed by atoms with Crippen LogP contribution in [0.1, 0.15) is 0 Å². The number of hydrogen-bond acceptors (Lipinski definition) is 1. The highest BCUT2D eigenvalue weighted by molar-refractivity contribution is 7.30. The Kier molecular flexibility index (Phi) is 55.0. The van der Waals surface area contributed by atoms with Crippen LogP contribution in [-0.4, -0.2) is 9.79 Å². The van der Waals surface area contributed by atoms with Crippen molar-refractivity contribution in [3.8, 4) is 0 Å². The topological polar surface area (TPSA) is 57.5 Å². The van der Waals surface area contributed by atoms with Gasteiger partial charge in [-0.2, -0.15) is 0 Å². The second-order valence-corrected chi connectivity index (χ2v) is 0.848. The van der Waals surface area contributed by atoms with Crippen LogP contribution in [0.4, 0.5) is 0 Å². The molecule has 0 heterocycles. The first-order valence-electron chi connectivity index (χ1n) is 0.651. The summed E-state index contributed by atoms with van der Waals surface area (Å²) in [7, 11) is -3.13. The Hall–Kier alpha value is 1.02. The lowest BCUT2D eigenvalue weighted by Crippen LogP contribution is -1.38. The third kappa shape index (κ3) is 170. The van der Waals surface area contributed by atoms with Crippen LogP contribution in [0, 0.1) is 0 Å². The van der Waals surface area contributed by atoms with Gasteiger partial charge in [0.05, 0.1) is 0 Å². The lowest BCUT2D eigenvalue weighted by atomic mass is 15.8. The van der Waals surface area contributed by atoms with Crippen LogP contribution in [0.2, 0.25) is 0 Å². The zero-order valence-corrected chi connectivity index (χ0v) is 6.48. The Morgan fingerprint density at radius 3 is 1.00 bits per heavy atom. The van der Waals surface area contributed by atoms with Gasteiger partial charge in [0.2, 0.25) is 0 Å². The van der Waals surface area contributed by atoms with E-state index in [4.69, 9.17) is 14.4 Å². The van der Waals surface area contributed by atoms with Gasteiger partial charge in [-0.05, 0) is 0 Å². The molecule has 0 spiro atoms. The summed E-state index contributed by atoms with van der Waals surface area (Å²) in [4.78, 5) is 14.3. The van der Waals surface area contributed by atoms with Crippen LogP contribution in [0.3, 0.4) is 0 Å². The molecule has 0 bridgehead atoms. The highest BCUT2D eigenvalue weighted by Gasteiger charge is 1.61. The highest BCUT2D eigenvalue weighted by atomic mass is 35.5. The molecule has 0 aromatic rings. The lowest BCUT2D eigenvalue weighted by molar-refractivity contribution is 0.405. The van der Waals surface area contributed by atoms with Gasteiger partial charge in [-0.1, -0.05) is 0 Å². The fourth-order valence-corrected chi connectivity index (χ4v) is 0. The summed E-state index contributed by atoms with van der Waals surface area (Å²) in [6.45, 7) is 0. The zero-order valence-electron chi connectivity index (χ0n) is 3.03. The van der Waals surface area contributed by atoms with E-state index in [1.165, 1.54) is 0 Å². The van der Waals surface area contributed by atoms with E-state index in [-0.39, 0.29) is 37.2 Å². The molecule has 0 aromatic heterocycles. The summed E-state index contributed by atoms with van der Waals surface area (Å²) >= 11 is 0. The van der Waals surface area contributed by atoms with E-state index in [0.29, 0.717) is 0 Å². The normalized spacial score (nSPS) is 5.00. The van der Waals surface area contributed by atoms with Gasteiger partial charge in [0, 0.05) is 0 Å². The minimum Gasteiger partial charge on any atom is -0.326 e. The Bertz CT molecular complexity index is 33.2. The predicted molar refractivity (Wildman–Crippen MR) is 35.2 cm³/mol. The first kappa shape index (κ1) is 24.5. The molecule has 0 aliphatic heterocycles. The summed E-state index contributed by atoms with van der Waals surface area (Å²) in [5.74, 6) is 0.